The first-order valence-electron chi connectivity index (χ1n) is 10.9. The summed E-state index contributed by atoms with van der Waals surface area (Å²) in [5.74, 6) is 0.990. The Bertz CT molecular complexity index is 1120. The Morgan fingerprint density at radius 1 is 1.03 bits per heavy atom. The molecule has 4 rings (SSSR count). The van der Waals surface area contributed by atoms with Crippen LogP contribution >= 0.6 is 0 Å². The molecule has 1 saturated carbocycles. The van der Waals surface area contributed by atoms with Gasteiger partial charge in [0.05, 0.1) is 11.4 Å². The molecule has 31 heavy (non-hydrogen) atoms. The van der Waals surface area contributed by atoms with Crippen LogP contribution in [0.2, 0.25) is 0 Å². The van der Waals surface area contributed by atoms with Crippen LogP contribution in [0.5, 0.6) is 0 Å². The van der Waals surface area contributed by atoms with Crippen molar-refractivity contribution in [3.05, 3.63) is 66.1 Å². The minimum atomic E-state index is -0.280. The number of benzene rings is 1. The standard InChI is InChI=1S/C26H28FN3O/c1-16(2)25-29-14-12-22(30-25)23-19(18-7-5-6-8-21(18)27)11-13-28-24(23)20-10-9-17(31)15-26(20,3)4/h5-8,11-14,16,20H,9-10,15H2,1-4H3. The van der Waals surface area contributed by atoms with Crippen LogP contribution in [0.4, 0.5) is 4.39 Å². The largest absolute Gasteiger partial charge is 0.300 e. The van der Waals surface area contributed by atoms with Gasteiger partial charge in [0.25, 0.3) is 0 Å². The maximum Gasteiger partial charge on any atom is 0.133 e. The molecule has 1 aromatic carbocycles. The van der Waals surface area contributed by atoms with Crippen molar-refractivity contribution < 1.29 is 9.18 Å². The van der Waals surface area contributed by atoms with Crippen LogP contribution in [-0.4, -0.2) is 20.7 Å². The van der Waals surface area contributed by atoms with Gasteiger partial charge in [-0.25, -0.2) is 14.4 Å². The normalized spacial score (nSPS) is 18.4. The Labute approximate surface area is 183 Å². The molecule has 4 nitrogen and oxygen atoms in total. The molecule has 1 fully saturated rings. The van der Waals surface area contributed by atoms with Crippen molar-refractivity contribution in [1.82, 2.24) is 15.0 Å². The lowest BCUT2D eigenvalue weighted by molar-refractivity contribution is -0.123. The number of aromatic nitrogens is 3. The van der Waals surface area contributed by atoms with Gasteiger partial charge in [-0.1, -0.05) is 45.9 Å². The SMILES string of the molecule is CC(C)c1nccc(-c2c(-c3ccccc3F)ccnc2C2CCC(=O)CC2(C)C)n1. The van der Waals surface area contributed by atoms with Crippen LogP contribution in [0.25, 0.3) is 22.4 Å². The lowest BCUT2D eigenvalue weighted by atomic mass is 9.66. The summed E-state index contributed by atoms with van der Waals surface area (Å²) in [4.78, 5) is 26.2. The molecule has 1 aliphatic rings. The number of hydrogen-bond donors (Lipinski definition) is 0. The third kappa shape index (κ3) is 4.14. The molecule has 0 amide bonds. The molecule has 0 radical (unpaired) electrons. The van der Waals surface area contributed by atoms with Gasteiger partial charge in [-0.15, -0.1) is 0 Å². The average molecular weight is 418 g/mol. The summed E-state index contributed by atoms with van der Waals surface area (Å²) in [6.07, 6.45) is 5.30. The molecule has 0 N–H and O–H groups in total. The predicted molar refractivity (Wildman–Crippen MR) is 120 cm³/mol. The van der Waals surface area contributed by atoms with E-state index in [4.69, 9.17) is 9.97 Å². The first-order valence-corrected chi connectivity index (χ1v) is 10.9. The fourth-order valence-corrected chi connectivity index (χ4v) is 4.63. The van der Waals surface area contributed by atoms with Crippen molar-refractivity contribution in [2.24, 2.45) is 5.41 Å². The van der Waals surface area contributed by atoms with E-state index in [1.807, 2.05) is 18.2 Å². The van der Waals surface area contributed by atoms with Crippen LogP contribution in [0.3, 0.4) is 0 Å². The number of ketones is 1. The molecule has 1 unspecified atom stereocenters. The number of carbonyl (C=O) groups excluding carboxylic acids is 1. The third-order valence-electron chi connectivity index (χ3n) is 6.23. The summed E-state index contributed by atoms with van der Waals surface area (Å²) in [5.41, 5.74) is 3.52. The fourth-order valence-electron chi connectivity index (χ4n) is 4.63. The summed E-state index contributed by atoms with van der Waals surface area (Å²) in [7, 11) is 0. The first kappa shape index (κ1) is 21.3. The molecule has 1 aliphatic carbocycles. The lowest BCUT2D eigenvalue weighted by Gasteiger charge is -2.38. The lowest BCUT2D eigenvalue weighted by Crippen LogP contribution is -2.31. The van der Waals surface area contributed by atoms with Crippen molar-refractivity contribution in [2.75, 3.05) is 0 Å². The van der Waals surface area contributed by atoms with Gasteiger partial charge in [-0.3, -0.25) is 9.78 Å². The molecule has 1 atom stereocenters. The zero-order valence-corrected chi connectivity index (χ0v) is 18.5. The molecule has 0 spiro atoms. The minimum Gasteiger partial charge on any atom is -0.300 e. The first-order chi connectivity index (χ1) is 14.8. The third-order valence-corrected chi connectivity index (χ3v) is 6.23. The molecule has 3 aromatic rings. The number of pyridine rings is 1. The van der Waals surface area contributed by atoms with E-state index in [1.165, 1.54) is 6.07 Å². The number of halogens is 1. The molecule has 0 saturated heterocycles. The highest BCUT2D eigenvalue weighted by atomic mass is 19.1. The second-order valence-electron chi connectivity index (χ2n) is 9.35. The van der Waals surface area contributed by atoms with Gasteiger partial charge < -0.3 is 0 Å². The maximum absolute atomic E-state index is 14.9. The summed E-state index contributed by atoms with van der Waals surface area (Å²) in [6.45, 7) is 8.35. The Hall–Kier alpha value is -2.95. The molecule has 2 aromatic heterocycles. The Morgan fingerprint density at radius 2 is 1.77 bits per heavy atom. The summed E-state index contributed by atoms with van der Waals surface area (Å²) in [5, 5.41) is 0. The van der Waals surface area contributed by atoms with Crippen molar-refractivity contribution >= 4 is 5.78 Å². The van der Waals surface area contributed by atoms with Gasteiger partial charge >= 0.3 is 0 Å². The molecular weight excluding hydrogens is 389 g/mol. The predicted octanol–water partition coefficient (Wildman–Crippen LogP) is 6.33. The van der Waals surface area contributed by atoms with Crippen molar-refractivity contribution in [3.8, 4) is 22.4 Å². The second kappa shape index (κ2) is 8.29. The summed E-state index contributed by atoms with van der Waals surface area (Å²) >= 11 is 0. The summed E-state index contributed by atoms with van der Waals surface area (Å²) < 4.78 is 14.9. The zero-order chi connectivity index (χ0) is 22.2. The van der Waals surface area contributed by atoms with E-state index in [1.54, 1.807) is 24.5 Å². The van der Waals surface area contributed by atoms with E-state index in [9.17, 15) is 9.18 Å². The topological polar surface area (TPSA) is 55.7 Å². The zero-order valence-electron chi connectivity index (χ0n) is 18.5. The number of Topliss-reactive ketones (excluding diaryl/α,β-unsaturated/α-hetero) is 1. The van der Waals surface area contributed by atoms with Crippen molar-refractivity contribution in [3.63, 3.8) is 0 Å². The van der Waals surface area contributed by atoms with E-state index < -0.39 is 0 Å². The maximum atomic E-state index is 14.9. The fraction of sp³-hybridized carbons (Fsp3) is 0.385. The van der Waals surface area contributed by atoms with E-state index in [2.05, 4.69) is 32.7 Å². The monoisotopic (exact) mass is 417 g/mol. The number of rotatable bonds is 4. The molecular formula is C26H28FN3O. The second-order valence-corrected chi connectivity index (χ2v) is 9.35. The van der Waals surface area contributed by atoms with E-state index in [0.29, 0.717) is 18.4 Å². The highest BCUT2D eigenvalue weighted by molar-refractivity contribution is 5.85. The highest BCUT2D eigenvalue weighted by Crippen LogP contribution is 2.49. The molecule has 0 bridgehead atoms. The van der Waals surface area contributed by atoms with Gasteiger partial charge in [0.1, 0.15) is 17.4 Å². The van der Waals surface area contributed by atoms with Crippen LogP contribution < -0.4 is 0 Å². The van der Waals surface area contributed by atoms with Gasteiger partial charge in [0.2, 0.25) is 0 Å². The van der Waals surface area contributed by atoms with Crippen LogP contribution in [0.1, 0.15) is 70.3 Å². The highest BCUT2D eigenvalue weighted by Gasteiger charge is 2.39. The Kier molecular flexibility index (Phi) is 5.69. The molecule has 160 valence electrons. The Morgan fingerprint density at radius 3 is 2.48 bits per heavy atom. The van der Waals surface area contributed by atoms with Gasteiger partial charge in [0.15, 0.2) is 0 Å². The van der Waals surface area contributed by atoms with Gasteiger partial charge in [-0.2, -0.15) is 0 Å². The Balaban J connectivity index is 1.99. The quantitative estimate of drug-likeness (QED) is 0.498. The van der Waals surface area contributed by atoms with Gasteiger partial charge in [-0.05, 0) is 35.6 Å². The van der Waals surface area contributed by atoms with Crippen LogP contribution in [0, 0.1) is 11.2 Å². The van der Waals surface area contributed by atoms with E-state index >= 15 is 0 Å². The van der Waals surface area contributed by atoms with E-state index in [-0.39, 0.29) is 28.9 Å². The number of carbonyl (C=O) groups is 1. The summed E-state index contributed by atoms with van der Waals surface area (Å²) in [6, 6.07) is 10.5. The number of nitrogens with zero attached hydrogens (tertiary/aromatic N) is 3. The molecule has 0 aliphatic heterocycles. The van der Waals surface area contributed by atoms with Crippen molar-refractivity contribution in [1.29, 1.82) is 0 Å². The smallest absolute Gasteiger partial charge is 0.133 e. The van der Waals surface area contributed by atoms with Crippen molar-refractivity contribution in [2.45, 2.75) is 58.8 Å². The van der Waals surface area contributed by atoms with Crippen LogP contribution in [-0.2, 0) is 4.79 Å². The average Bonchev–Trinajstić information content (AvgIpc) is 2.73. The molecule has 2 heterocycles. The molecule has 5 heteroatoms. The van der Waals surface area contributed by atoms with Gasteiger partial charge in [0, 0.05) is 48.2 Å². The number of hydrogen-bond acceptors (Lipinski definition) is 4. The minimum absolute atomic E-state index is 0.0735. The van der Waals surface area contributed by atoms with E-state index in [0.717, 1.165) is 34.8 Å². The van der Waals surface area contributed by atoms with Crippen LogP contribution in [0.15, 0.2) is 48.8 Å².